The Morgan fingerprint density at radius 1 is 1.25 bits per heavy atom. The highest BCUT2D eigenvalue weighted by molar-refractivity contribution is 7.48. The fourth-order valence-electron chi connectivity index (χ4n) is 0.666. The molecule has 0 aromatic rings. The summed E-state index contributed by atoms with van der Waals surface area (Å²) in [5, 5.41) is 0. The quantitative estimate of drug-likeness (QED) is 0.509. The van der Waals surface area contributed by atoms with E-state index >= 15 is 0 Å². The van der Waals surface area contributed by atoms with Gasteiger partial charge in [-0.05, 0) is 25.6 Å². The van der Waals surface area contributed by atoms with E-state index in [-0.39, 0.29) is 0 Å². The third-order valence-electron chi connectivity index (χ3n) is 0.992. The van der Waals surface area contributed by atoms with Crippen molar-refractivity contribution < 1.29 is 8.74 Å². The van der Waals surface area contributed by atoms with Gasteiger partial charge >= 0.3 is 0 Å². The molecule has 0 aromatic heterocycles. The Balaban J connectivity index is 3.53. The minimum Gasteiger partial charge on any atom is -0.376 e. The molecule has 1 atom stereocenters. The molecule has 0 N–H and O–H groups in total. The highest BCUT2D eigenvalue weighted by Gasteiger charge is 2.19. The highest BCUT2D eigenvalue weighted by atomic mass is 31.2. The monoisotopic (exact) mass is 208 g/mol. The Bertz CT molecular complexity index is 123. The molecule has 4 heteroatoms. The second-order valence-corrected chi connectivity index (χ2v) is 10.4. The average Bonchev–Trinajstić information content (AvgIpc) is 1.79. The minimum absolute atomic E-state index is 0.597. The van der Waals surface area contributed by atoms with E-state index in [0.29, 0.717) is 5.92 Å². The maximum atomic E-state index is 5.77. The van der Waals surface area contributed by atoms with Crippen LogP contribution < -0.4 is 0 Å². The van der Waals surface area contributed by atoms with Gasteiger partial charge in [0, 0.05) is 6.66 Å². The van der Waals surface area contributed by atoms with Gasteiger partial charge in [-0.1, -0.05) is 13.8 Å². The Hall–Kier alpha value is 0.567. The van der Waals surface area contributed by atoms with Crippen LogP contribution in [0.5, 0.6) is 0 Å². The molecule has 0 rings (SSSR count). The molecule has 0 spiro atoms. The smallest absolute Gasteiger partial charge is 0.191 e. The molecule has 0 fully saturated rings. The summed E-state index contributed by atoms with van der Waals surface area (Å²) in [6, 6.07) is 0. The lowest BCUT2D eigenvalue weighted by atomic mass is 10.2. The molecule has 12 heavy (non-hydrogen) atoms. The lowest BCUT2D eigenvalue weighted by Gasteiger charge is -2.23. The molecule has 0 saturated heterocycles. The van der Waals surface area contributed by atoms with Crippen molar-refractivity contribution in [1.29, 1.82) is 0 Å². The standard InChI is InChI=1S/C8H21O2PSi/c1-8(2)7-9-11(3)10-12(4,5)6/h8H,7H2,1-6H3. The predicted octanol–water partition coefficient (Wildman–Crippen LogP) is 3.45. The van der Waals surface area contributed by atoms with Crippen LogP contribution in [0.1, 0.15) is 13.8 Å². The topological polar surface area (TPSA) is 18.5 Å². The van der Waals surface area contributed by atoms with Crippen LogP contribution in [0.4, 0.5) is 0 Å². The van der Waals surface area contributed by atoms with Gasteiger partial charge in [0.1, 0.15) is 0 Å². The molecule has 0 radical (unpaired) electrons. The summed E-state index contributed by atoms with van der Waals surface area (Å²) in [6.07, 6.45) is 0. The summed E-state index contributed by atoms with van der Waals surface area (Å²) in [5.74, 6) is 0.597. The van der Waals surface area contributed by atoms with Gasteiger partial charge in [-0.3, -0.25) is 0 Å². The third-order valence-corrected chi connectivity index (χ3v) is 4.72. The lowest BCUT2D eigenvalue weighted by molar-refractivity contribution is 0.273. The molecule has 74 valence electrons. The van der Waals surface area contributed by atoms with Crippen molar-refractivity contribution in [3.05, 3.63) is 0 Å². The van der Waals surface area contributed by atoms with Crippen molar-refractivity contribution in [1.82, 2.24) is 0 Å². The van der Waals surface area contributed by atoms with Crippen LogP contribution in [0.3, 0.4) is 0 Å². The van der Waals surface area contributed by atoms with Crippen LogP contribution in [0.15, 0.2) is 0 Å². The molecular formula is C8H21O2PSi. The molecule has 0 amide bonds. The summed E-state index contributed by atoms with van der Waals surface area (Å²) in [7, 11) is -2.03. The number of hydrogen-bond donors (Lipinski definition) is 0. The van der Waals surface area contributed by atoms with Crippen LogP contribution in [0.2, 0.25) is 19.6 Å². The van der Waals surface area contributed by atoms with Gasteiger partial charge in [0.05, 0.1) is 6.61 Å². The molecule has 0 bridgehead atoms. The van der Waals surface area contributed by atoms with Gasteiger partial charge in [0.25, 0.3) is 0 Å². The van der Waals surface area contributed by atoms with Crippen LogP contribution in [-0.4, -0.2) is 21.6 Å². The maximum absolute atomic E-state index is 5.77. The van der Waals surface area contributed by atoms with E-state index in [2.05, 4.69) is 33.5 Å². The molecule has 0 saturated carbocycles. The zero-order valence-corrected chi connectivity index (χ0v) is 10.9. The van der Waals surface area contributed by atoms with E-state index in [9.17, 15) is 0 Å². The summed E-state index contributed by atoms with van der Waals surface area (Å²) in [4.78, 5) is 0. The second-order valence-electron chi connectivity index (χ2n) is 4.33. The molecule has 0 aliphatic heterocycles. The first-order valence-electron chi connectivity index (χ1n) is 4.37. The van der Waals surface area contributed by atoms with Gasteiger partial charge in [-0.25, -0.2) is 0 Å². The summed E-state index contributed by atoms with van der Waals surface area (Å²) >= 11 is 0. The lowest BCUT2D eigenvalue weighted by Crippen LogP contribution is -2.22. The molecular weight excluding hydrogens is 187 g/mol. The van der Waals surface area contributed by atoms with Crippen molar-refractivity contribution in [2.45, 2.75) is 33.5 Å². The van der Waals surface area contributed by atoms with Crippen LogP contribution >= 0.6 is 8.38 Å². The summed E-state index contributed by atoms with van der Waals surface area (Å²) in [6.45, 7) is 13.7. The third kappa shape index (κ3) is 8.66. The van der Waals surface area contributed by atoms with Crippen molar-refractivity contribution in [3.63, 3.8) is 0 Å². The van der Waals surface area contributed by atoms with E-state index in [4.69, 9.17) is 8.74 Å². The largest absolute Gasteiger partial charge is 0.376 e. The van der Waals surface area contributed by atoms with E-state index in [1.807, 2.05) is 6.66 Å². The highest BCUT2D eigenvalue weighted by Crippen LogP contribution is 2.37. The van der Waals surface area contributed by atoms with Crippen molar-refractivity contribution in [3.8, 4) is 0 Å². The zero-order valence-electron chi connectivity index (χ0n) is 9.05. The molecule has 0 aromatic carbocycles. The van der Waals surface area contributed by atoms with Gasteiger partial charge in [-0.15, -0.1) is 0 Å². The molecule has 0 aliphatic carbocycles. The molecule has 2 nitrogen and oxygen atoms in total. The number of rotatable bonds is 5. The van der Waals surface area contributed by atoms with Gasteiger partial charge in [0.15, 0.2) is 16.7 Å². The Morgan fingerprint density at radius 2 is 1.75 bits per heavy atom. The maximum Gasteiger partial charge on any atom is 0.191 e. The Labute approximate surface area is 78.7 Å². The Morgan fingerprint density at radius 3 is 2.08 bits per heavy atom. The minimum atomic E-state index is -1.39. The van der Waals surface area contributed by atoms with Crippen LogP contribution in [-0.2, 0) is 8.74 Å². The van der Waals surface area contributed by atoms with Gasteiger partial charge in [0.2, 0.25) is 0 Å². The van der Waals surface area contributed by atoms with Crippen molar-refractivity contribution >= 4 is 16.7 Å². The SMILES string of the molecule is CC(C)COP(C)O[Si](C)(C)C. The van der Waals surface area contributed by atoms with E-state index in [1.54, 1.807) is 0 Å². The van der Waals surface area contributed by atoms with Gasteiger partial charge < -0.3 is 8.74 Å². The van der Waals surface area contributed by atoms with Crippen molar-refractivity contribution in [2.24, 2.45) is 5.92 Å². The normalized spacial score (nSPS) is 15.2. The van der Waals surface area contributed by atoms with Crippen molar-refractivity contribution in [2.75, 3.05) is 13.3 Å². The molecule has 0 aliphatic rings. The first kappa shape index (κ1) is 12.6. The zero-order chi connectivity index (χ0) is 9.78. The van der Waals surface area contributed by atoms with E-state index in [1.165, 1.54) is 0 Å². The van der Waals surface area contributed by atoms with Crippen LogP contribution in [0, 0.1) is 5.92 Å². The fraction of sp³-hybridized carbons (Fsp3) is 1.00. The average molecular weight is 208 g/mol. The number of hydrogen-bond acceptors (Lipinski definition) is 2. The summed E-state index contributed by atoms with van der Waals surface area (Å²) < 4.78 is 11.3. The summed E-state index contributed by atoms with van der Waals surface area (Å²) in [5.41, 5.74) is 0. The van der Waals surface area contributed by atoms with E-state index in [0.717, 1.165) is 6.61 Å². The second kappa shape index (κ2) is 5.33. The van der Waals surface area contributed by atoms with Crippen LogP contribution in [0.25, 0.3) is 0 Å². The van der Waals surface area contributed by atoms with Gasteiger partial charge in [-0.2, -0.15) is 0 Å². The first-order chi connectivity index (χ1) is 5.31. The van der Waals surface area contributed by atoms with E-state index < -0.39 is 16.7 Å². The molecule has 0 heterocycles. The molecule has 1 unspecified atom stereocenters. The Kier molecular flexibility index (Phi) is 5.58. The fourth-order valence-corrected chi connectivity index (χ4v) is 4.47. The first-order valence-corrected chi connectivity index (χ1v) is 9.40. The predicted molar refractivity (Wildman–Crippen MR) is 58.1 cm³/mol.